The molecule has 0 saturated carbocycles. The van der Waals surface area contributed by atoms with Crippen LogP contribution in [0.2, 0.25) is 0 Å². The van der Waals surface area contributed by atoms with E-state index >= 15 is 0 Å². The van der Waals surface area contributed by atoms with Crippen LogP contribution in [0.1, 0.15) is 6.92 Å². The first kappa shape index (κ1) is 8.99. The number of likely N-dealkylation sites (N-methyl/N-ethyl adjacent to an activating group) is 1. The highest BCUT2D eigenvalue weighted by molar-refractivity contribution is 5.77. The van der Waals surface area contributed by atoms with E-state index in [0.717, 1.165) is 0 Å². The summed E-state index contributed by atoms with van der Waals surface area (Å²) in [6, 6.07) is -0.0442. The van der Waals surface area contributed by atoms with Gasteiger partial charge in [-0.25, -0.2) is 0 Å². The highest BCUT2D eigenvalue weighted by atomic mass is 16.1. The molecule has 0 aliphatic carbocycles. The number of rotatable bonds is 3. The van der Waals surface area contributed by atoms with Crippen LogP contribution < -0.4 is 10.6 Å². The van der Waals surface area contributed by atoms with Crippen LogP contribution >= 0.6 is 0 Å². The van der Waals surface area contributed by atoms with Crippen molar-refractivity contribution >= 4 is 5.91 Å². The van der Waals surface area contributed by atoms with Gasteiger partial charge in [-0.2, -0.15) is 0 Å². The molecule has 0 aliphatic rings. The Morgan fingerprint density at radius 2 is 2.40 bits per heavy atom. The van der Waals surface area contributed by atoms with Gasteiger partial charge in [-0.05, 0) is 6.92 Å². The van der Waals surface area contributed by atoms with Crippen molar-refractivity contribution in [1.82, 2.24) is 10.6 Å². The Morgan fingerprint density at radius 3 is 2.80 bits per heavy atom. The molecule has 0 fully saturated rings. The van der Waals surface area contributed by atoms with E-state index in [9.17, 15) is 4.79 Å². The summed E-state index contributed by atoms with van der Waals surface area (Å²) in [5, 5.41) is 5.31. The Balaban J connectivity index is 3.37. The van der Waals surface area contributed by atoms with Gasteiger partial charge in [0.2, 0.25) is 5.91 Å². The Labute approximate surface area is 61.2 Å². The maximum Gasteiger partial charge on any atom is 0.233 e. The standard InChI is InChI=1S/C7H12N2O/c1-4-6(2)9-5-7(10)8-3/h1,6,9H,5H2,2-3H3,(H,8,10). The highest BCUT2D eigenvalue weighted by Crippen LogP contribution is 1.73. The fourth-order valence-corrected chi connectivity index (χ4v) is 0.393. The normalized spacial score (nSPS) is 11.7. The van der Waals surface area contributed by atoms with Crippen molar-refractivity contribution in [3.63, 3.8) is 0 Å². The van der Waals surface area contributed by atoms with Gasteiger partial charge >= 0.3 is 0 Å². The molecular weight excluding hydrogens is 128 g/mol. The molecule has 1 amide bonds. The summed E-state index contributed by atoms with van der Waals surface area (Å²) in [6.45, 7) is 2.10. The largest absolute Gasteiger partial charge is 0.358 e. The van der Waals surface area contributed by atoms with Crippen molar-refractivity contribution in [3.05, 3.63) is 0 Å². The second-order valence-corrected chi connectivity index (χ2v) is 1.94. The van der Waals surface area contributed by atoms with Gasteiger partial charge in [0.1, 0.15) is 0 Å². The van der Waals surface area contributed by atoms with E-state index in [-0.39, 0.29) is 18.5 Å². The van der Waals surface area contributed by atoms with Crippen LogP contribution in [0.4, 0.5) is 0 Å². The molecule has 0 aliphatic heterocycles. The third-order valence-electron chi connectivity index (χ3n) is 1.10. The SMILES string of the molecule is C#CC(C)NCC(=O)NC. The molecule has 0 aromatic carbocycles. The lowest BCUT2D eigenvalue weighted by Gasteiger charge is -2.04. The predicted octanol–water partition coefficient (Wildman–Crippen LogP) is -0.656. The average molecular weight is 140 g/mol. The number of carbonyl (C=O) groups excluding carboxylic acids is 1. The number of nitrogens with one attached hydrogen (secondary N) is 2. The van der Waals surface area contributed by atoms with Gasteiger partial charge in [-0.1, -0.05) is 5.92 Å². The number of carbonyl (C=O) groups is 1. The zero-order valence-corrected chi connectivity index (χ0v) is 6.27. The first-order chi connectivity index (χ1) is 4.70. The van der Waals surface area contributed by atoms with Crippen molar-refractivity contribution in [2.45, 2.75) is 13.0 Å². The van der Waals surface area contributed by atoms with Crippen molar-refractivity contribution in [2.24, 2.45) is 0 Å². The minimum Gasteiger partial charge on any atom is -0.358 e. The number of amides is 1. The first-order valence-corrected chi connectivity index (χ1v) is 3.10. The lowest BCUT2D eigenvalue weighted by atomic mass is 10.3. The summed E-state index contributed by atoms with van der Waals surface area (Å²) in [4.78, 5) is 10.6. The fourth-order valence-electron chi connectivity index (χ4n) is 0.393. The van der Waals surface area contributed by atoms with Gasteiger partial charge in [0.05, 0.1) is 12.6 Å². The summed E-state index contributed by atoms with van der Waals surface area (Å²) in [5.41, 5.74) is 0. The fraction of sp³-hybridized carbons (Fsp3) is 0.571. The molecule has 2 N–H and O–H groups in total. The van der Waals surface area contributed by atoms with E-state index in [0.29, 0.717) is 0 Å². The monoisotopic (exact) mass is 140 g/mol. The van der Waals surface area contributed by atoms with E-state index in [1.807, 2.05) is 6.92 Å². The summed E-state index contributed by atoms with van der Waals surface area (Å²) in [6.07, 6.45) is 5.06. The summed E-state index contributed by atoms with van der Waals surface area (Å²) >= 11 is 0. The smallest absolute Gasteiger partial charge is 0.233 e. The molecular formula is C7H12N2O. The molecule has 0 saturated heterocycles. The van der Waals surface area contributed by atoms with Crippen LogP contribution in [-0.4, -0.2) is 25.5 Å². The molecule has 1 unspecified atom stereocenters. The molecule has 3 heteroatoms. The first-order valence-electron chi connectivity index (χ1n) is 3.10. The molecule has 0 aromatic rings. The van der Waals surface area contributed by atoms with Gasteiger partial charge in [0.25, 0.3) is 0 Å². The lowest BCUT2D eigenvalue weighted by Crippen LogP contribution is -2.35. The number of terminal acetylenes is 1. The second-order valence-electron chi connectivity index (χ2n) is 1.94. The Bertz CT molecular complexity index is 148. The van der Waals surface area contributed by atoms with Gasteiger partial charge in [0.15, 0.2) is 0 Å². The predicted molar refractivity (Wildman–Crippen MR) is 40.4 cm³/mol. The van der Waals surface area contributed by atoms with Crippen molar-refractivity contribution in [1.29, 1.82) is 0 Å². The molecule has 0 radical (unpaired) electrons. The molecule has 0 rings (SSSR count). The van der Waals surface area contributed by atoms with Crippen LogP contribution in [0.15, 0.2) is 0 Å². The Morgan fingerprint density at radius 1 is 1.80 bits per heavy atom. The van der Waals surface area contributed by atoms with Crippen LogP contribution in [0.5, 0.6) is 0 Å². The van der Waals surface area contributed by atoms with Crippen molar-refractivity contribution in [3.8, 4) is 12.3 Å². The van der Waals surface area contributed by atoms with Crippen LogP contribution in [-0.2, 0) is 4.79 Å². The zero-order chi connectivity index (χ0) is 7.98. The third-order valence-corrected chi connectivity index (χ3v) is 1.10. The van der Waals surface area contributed by atoms with Gasteiger partial charge in [-0.3, -0.25) is 10.1 Å². The molecule has 1 atom stereocenters. The number of hydrogen-bond donors (Lipinski definition) is 2. The van der Waals surface area contributed by atoms with Crippen LogP contribution in [0, 0.1) is 12.3 Å². The summed E-state index contributed by atoms with van der Waals surface area (Å²) in [5.74, 6) is 2.40. The number of hydrogen-bond acceptors (Lipinski definition) is 2. The molecule has 10 heavy (non-hydrogen) atoms. The van der Waals surface area contributed by atoms with Crippen LogP contribution in [0.3, 0.4) is 0 Å². The molecule has 3 nitrogen and oxygen atoms in total. The van der Waals surface area contributed by atoms with Crippen LogP contribution in [0.25, 0.3) is 0 Å². The topological polar surface area (TPSA) is 41.1 Å². The quantitative estimate of drug-likeness (QED) is 0.511. The van der Waals surface area contributed by atoms with E-state index in [1.54, 1.807) is 7.05 Å². The minimum absolute atomic E-state index is 0.0442. The highest BCUT2D eigenvalue weighted by Gasteiger charge is 1.98. The van der Waals surface area contributed by atoms with Crippen molar-refractivity contribution < 1.29 is 4.79 Å². The second kappa shape index (κ2) is 4.83. The van der Waals surface area contributed by atoms with Gasteiger partial charge < -0.3 is 5.32 Å². The molecule has 0 aromatic heterocycles. The maximum absolute atomic E-state index is 10.6. The third kappa shape index (κ3) is 3.93. The summed E-state index contributed by atoms with van der Waals surface area (Å²) in [7, 11) is 1.59. The molecule has 56 valence electrons. The van der Waals surface area contributed by atoms with Gasteiger partial charge in [-0.15, -0.1) is 6.42 Å². The van der Waals surface area contributed by atoms with Gasteiger partial charge in [0, 0.05) is 7.05 Å². The Kier molecular flexibility index (Phi) is 4.34. The summed E-state index contributed by atoms with van der Waals surface area (Å²) < 4.78 is 0. The zero-order valence-electron chi connectivity index (χ0n) is 6.27. The van der Waals surface area contributed by atoms with E-state index in [4.69, 9.17) is 6.42 Å². The minimum atomic E-state index is -0.0536. The molecule has 0 heterocycles. The van der Waals surface area contributed by atoms with E-state index in [2.05, 4.69) is 16.6 Å². The van der Waals surface area contributed by atoms with E-state index in [1.165, 1.54) is 0 Å². The lowest BCUT2D eigenvalue weighted by molar-refractivity contribution is -0.119. The van der Waals surface area contributed by atoms with E-state index < -0.39 is 0 Å². The molecule has 0 bridgehead atoms. The maximum atomic E-state index is 10.6. The Hall–Kier alpha value is -1.01. The average Bonchev–Trinajstić information content (AvgIpc) is 1.99. The molecule has 0 spiro atoms. The van der Waals surface area contributed by atoms with Crippen molar-refractivity contribution in [2.75, 3.05) is 13.6 Å².